The zero-order chi connectivity index (χ0) is 13.0. The normalized spacial score (nSPS) is 19.7. The molecule has 1 unspecified atom stereocenters. The molecule has 2 rings (SSSR count). The number of carbonyl (C=O) groups excluding carboxylic acids is 1. The fourth-order valence-corrected chi connectivity index (χ4v) is 2.71. The van der Waals surface area contributed by atoms with Crippen LogP contribution in [-0.4, -0.2) is 37.0 Å². The number of likely N-dealkylation sites (tertiary alicyclic amines) is 1. The van der Waals surface area contributed by atoms with Crippen molar-refractivity contribution in [2.45, 2.75) is 31.9 Å². The Morgan fingerprint density at radius 3 is 2.39 bits per heavy atom. The summed E-state index contributed by atoms with van der Waals surface area (Å²) in [5, 5.41) is 0. The van der Waals surface area contributed by atoms with Crippen LogP contribution in [0.3, 0.4) is 0 Å². The van der Waals surface area contributed by atoms with Crippen LogP contribution in [0.25, 0.3) is 0 Å². The Morgan fingerprint density at radius 1 is 1.28 bits per heavy atom. The van der Waals surface area contributed by atoms with E-state index in [1.807, 2.05) is 30.3 Å². The number of ketones is 1. The zero-order valence-electron chi connectivity index (χ0n) is 11.1. The molecule has 0 amide bonds. The summed E-state index contributed by atoms with van der Waals surface area (Å²) in [7, 11) is 1.76. The zero-order valence-corrected chi connectivity index (χ0v) is 11.1. The minimum absolute atomic E-state index is 0.0935. The molecule has 0 aromatic heterocycles. The van der Waals surface area contributed by atoms with E-state index in [9.17, 15) is 4.79 Å². The van der Waals surface area contributed by atoms with Crippen LogP contribution in [-0.2, 0) is 9.53 Å². The van der Waals surface area contributed by atoms with Crippen molar-refractivity contribution >= 4 is 5.78 Å². The second-order valence-corrected chi connectivity index (χ2v) is 4.89. The summed E-state index contributed by atoms with van der Waals surface area (Å²) in [6, 6.07) is 9.95. The van der Waals surface area contributed by atoms with Crippen LogP contribution < -0.4 is 0 Å². The van der Waals surface area contributed by atoms with Crippen LogP contribution in [0.1, 0.15) is 31.4 Å². The fourth-order valence-electron chi connectivity index (χ4n) is 2.71. The van der Waals surface area contributed by atoms with E-state index in [-0.39, 0.29) is 11.8 Å². The van der Waals surface area contributed by atoms with Crippen LogP contribution in [0, 0.1) is 0 Å². The highest BCUT2D eigenvalue weighted by molar-refractivity contribution is 5.82. The molecule has 0 radical (unpaired) electrons. The van der Waals surface area contributed by atoms with Crippen molar-refractivity contribution in [3.8, 4) is 0 Å². The Morgan fingerprint density at radius 2 is 1.89 bits per heavy atom. The molecule has 0 aliphatic carbocycles. The average molecular weight is 247 g/mol. The molecule has 0 saturated carbocycles. The van der Waals surface area contributed by atoms with Gasteiger partial charge in [-0.1, -0.05) is 30.3 Å². The van der Waals surface area contributed by atoms with Crippen LogP contribution >= 0.6 is 0 Å². The lowest BCUT2D eigenvalue weighted by Crippen LogP contribution is -2.41. The van der Waals surface area contributed by atoms with Gasteiger partial charge in [-0.25, -0.2) is 0 Å². The number of hydrogen-bond donors (Lipinski definition) is 0. The standard InChI is InChI=1S/C15H21NO2/c1-12(17)15(13-6-4-3-5-7-13)16-10-8-14(18-2)9-11-16/h3-7,14-15H,8-11H2,1-2H3. The maximum atomic E-state index is 11.9. The Labute approximate surface area is 109 Å². The van der Waals surface area contributed by atoms with Gasteiger partial charge >= 0.3 is 0 Å². The maximum absolute atomic E-state index is 11.9. The van der Waals surface area contributed by atoms with Gasteiger partial charge in [0, 0.05) is 20.2 Å². The van der Waals surface area contributed by atoms with Gasteiger partial charge in [-0.15, -0.1) is 0 Å². The quantitative estimate of drug-likeness (QED) is 0.818. The third-order valence-electron chi connectivity index (χ3n) is 3.68. The Kier molecular flexibility index (Phi) is 4.50. The van der Waals surface area contributed by atoms with Crippen LogP contribution in [0.4, 0.5) is 0 Å². The van der Waals surface area contributed by atoms with Crippen molar-refractivity contribution in [1.29, 1.82) is 0 Å². The molecule has 3 nitrogen and oxygen atoms in total. The van der Waals surface area contributed by atoms with E-state index in [2.05, 4.69) is 4.90 Å². The van der Waals surface area contributed by atoms with Crippen LogP contribution in [0.2, 0.25) is 0 Å². The van der Waals surface area contributed by atoms with Gasteiger partial charge in [-0.05, 0) is 25.3 Å². The van der Waals surface area contributed by atoms with Crippen LogP contribution in [0.15, 0.2) is 30.3 Å². The fraction of sp³-hybridized carbons (Fsp3) is 0.533. The van der Waals surface area contributed by atoms with E-state index in [0.29, 0.717) is 6.10 Å². The second-order valence-electron chi connectivity index (χ2n) is 4.89. The van der Waals surface area contributed by atoms with Gasteiger partial charge < -0.3 is 4.74 Å². The first kappa shape index (κ1) is 13.2. The Hall–Kier alpha value is -1.19. The summed E-state index contributed by atoms with van der Waals surface area (Å²) in [4.78, 5) is 14.2. The SMILES string of the molecule is COC1CCN(C(C(C)=O)c2ccccc2)CC1. The molecule has 18 heavy (non-hydrogen) atoms. The predicted octanol–water partition coefficient (Wildman–Crippen LogP) is 2.43. The Balaban J connectivity index is 2.10. The van der Waals surface area contributed by atoms with Gasteiger partial charge in [0.05, 0.1) is 12.1 Å². The van der Waals surface area contributed by atoms with E-state index in [1.54, 1.807) is 14.0 Å². The van der Waals surface area contributed by atoms with Gasteiger partial charge in [-0.2, -0.15) is 0 Å². The van der Waals surface area contributed by atoms with E-state index in [1.165, 1.54) is 0 Å². The minimum atomic E-state index is -0.0935. The van der Waals surface area contributed by atoms with Crippen molar-refractivity contribution in [3.63, 3.8) is 0 Å². The summed E-state index contributed by atoms with van der Waals surface area (Å²) in [5.74, 6) is 0.220. The number of nitrogens with zero attached hydrogens (tertiary/aromatic N) is 1. The smallest absolute Gasteiger partial charge is 0.151 e. The monoisotopic (exact) mass is 247 g/mol. The van der Waals surface area contributed by atoms with Crippen LogP contribution in [0.5, 0.6) is 0 Å². The van der Waals surface area contributed by atoms with E-state index < -0.39 is 0 Å². The number of hydrogen-bond acceptors (Lipinski definition) is 3. The molecule has 1 aliphatic heterocycles. The average Bonchev–Trinajstić information content (AvgIpc) is 2.40. The molecule has 98 valence electrons. The maximum Gasteiger partial charge on any atom is 0.151 e. The number of piperidine rings is 1. The topological polar surface area (TPSA) is 29.5 Å². The molecule has 0 spiro atoms. The molecule has 1 saturated heterocycles. The molecule has 1 aromatic carbocycles. The van der Waals surface area contributed by atoms with Crippen molar-refractivity contribution in [1.82, 2.24) is 4.90 Å². The largest absolute Gasteiger partial charge is 0.381 e. The third-order valence-corrected chi connectivity index (χ3v) is 3.68. The second kappa shape index (κ2) is 6.12. The van der Waals surface area contributed by atoms with Crippen molar-refractivity contribution < 1.29 is 9.53 Å². The molecular weight excluding hydrogens is 226 g/mol. The van der Waals surface area contributed by atoms with Gasteiger partial charge in [0.1, 0.15) is 0 Å². The van der Waals surface area contributed by atoms with Gasteiger partial charge in [0.2, 0.25) is 0 Å². The first-order valence-electron chi connectivity index (χ1n) is 6.54. The van der Waals surface area contributed by atoms with Gasteiger partial charge in [0.25, 0.3) is 0 Å². The molecule has 3 heteroatoms. The molecule has 0 N–H and O–H groups in total. The predicted molar refractivity (Wildman–Crippen MR) is 71.5 cm³/mol. The summed E-state index contributed by atoms with van der Waals surface area (Å²) in [6.07, 6.45) is 2.37. The number of ether oxygens (including phenoxy) is 1. The van der Waals surface area contributed by atoms with Gasteiger partial charge in [-0.3, -0.25) is 9.69 Å². The van der Waals surface area contributed by atoms with Crippen molar-refractivity contribution in [2.75, 3.05) is 20.2 Å². The number of Topliss-reactive ketones (excluding diaryl/α,β-unsaturated/α-hetero) is 1. The highest BCUT2D eigenvalue weighted by atomic mass is 16.5. The lowest BCUT2D eigenvalue weighted by molar-refractivity contribution is -0.123. The summed E-state index contributed by atoms with van der Waals surface area (Å²) in [6.45, 7) is 3.54. The van der Waals surface area contributed by atoms with E-state index in [0.717, 1.165) is 31.5 Å². The Bertz CT molecular complexity index is 383. The summed E-state index contributed by atoms with van der Waals surface area (Å²) in [5.41, 5.74) is 1.10. The summed E-state index contributed by atoms with van der Waals surface area (Å²) >= 11 is 0. The van der Waals surface area contributed by atoms with Crippen molar-refractivity contribution in [3.05, 3.63) is 35.9 Å². The first-order valence-corrected chi connectivity index (χ1v) is 6.54. The van der Waals surface area contributed by atoms with Crippen molar-refractivity contribution in [2.24, 2.45) is 0 Å². The lowest BCUT2D eigenvalue weighted by atomic mass is 9.98. The number of methoxy groups -OCH3 is 1. The molecule has 1 fully saturated rings. The number of rotatable bonds is 4. The molecular formula is C15H21NO2. The molecule has 1 aromatic rings. The lowest BCUT2D eigenvalue weighted by Gasteiger charge is -2.36. The number of carbonyl (C=O) groups is 1. The molecule has 0 bridgehead atoms. The highest BCUT2D eigenvalue weighted by Gasteiger charge is 2.28. The highest BCUT2D eigenvalue weighted by Crippen LogP contribution is 2.26. The molecule has 1 heterocycles. The minimum Gasteiger partial charge on any atom is -0.381 e. The molecule has 1 atom stereocenters. The summed E-state index contributed by atoms with van der Waals surface area (Å²) < 4.78 is 5.37. The van der Waals surface area contributed by atoms with E-state index >= 15 is 0 Å². The number of benzene rings is 1. The third kappa shape index (κ3) is 2.98. The van der Waals surface area contributed by atoms with Gasteiger partial charge in [0.15, 0.2) is 5.78 Å². The van der Waals surface area contributed by atoms with E-state index in [4.69, 9.17) is 4.74 Å². The molecule has 1 aliphatic rings. The first-order chi connectivity index (χ1) is 8.72.